The zero-order valence-electron chi connectivity index (χ0n) is 23.6. The zero-order valence-corrected chi connectivity index (χ0v) is 24.5. The summed E-state index contributed by atoms with van der Waals surface area (Å²) in [5, 5.41) is 38.9. The Hall–Kier alpha value is -3.57. The number of nitrogens with one attached hydrogen (secondary N) is 1. The summed E-state index contributed by atoms with van der Waals surface area (Å²) in [7, 11) is -4.42. The van der Waals surface area contributed by atoms with Crippen LogP contribution in [0.3, 0.4) is 0 Å². The van der Waals surface area contributed by atoms with E-state index >= 15 is 0 Å². The molecule has 1 saturated carbocycles. The zero-order chi connectivity index (χ0) is 30.6. The number of carbonyl (C=O) groups excluding carboxylic acids is 1. The fourth-order valence-corrected chi connectivity index (χ4v) is 6.91. The molecule has 0 spiro atoms. The topological polar surface area (TPSA) is 204 Å². The van der Waals surface area contributed by atoms with Crippen LogP contribution in [0, 0.1) is 11.3 Å². The van der Waals surface area contributed by atoms with Crippen LogP contribution in [0.1, 0.15) is 57.2 Å². The van der Waals surface area contributed by atoms with Gasteiger partial charge in [0.1, 0.15) is 60.7 Å². The molecule has 0 unspecified atom stereocenters. The number of aliphatic hydroxyl groups excluding tert-OH is 2. The molecule has 0 amide bonds. The van der Waals surface area contributed by atoms with Gasteiger partial charge in [-0.05, 0) is 56.4 Å². The minimum absolute atomic E-state index is 0.169. The van der Waals surface area contributed by atoms with Crippen LogP contribution < -0.4 is 15.3 Å². The van der Waals surface area contributed by atoms with E-state index in [9.17, 15) is 24.8 Å². The number of hydrogen-bond acceptors (Lipinski definition) is 12. The quantitative estimate of drug-likeness (QED) is 0.181. The lowest BCUT2D eigenvalue weighted by Crippen LogP contribution is -2.46. The number of nitrogen functional groups attached to an aromatic ring is 1. The van der Waals surface area contributed by atoms with Crippen LogP contribution in [0.15, 0.2) is 48.8 Å². The van der Waals surface area contributed by atoms with Crippen LogP contribution in [0.4, 0.5) is 5.82 Å². The molecular weight excluding hydrogens is 579 g/mol. The molecule has 6 atom stereocenters. The van der Waals surface area contributed by atoms with Crippen LogP contribution in [0.25, 0.3) is 5.52 Å². The largest absolute Gasteiger partial charge is 0.461 e. The summed E-state index contributed by atoms with van der Waals surface area (Å²) < 4.78 is 38.6. The number of nitrogens with zero attached hydrogens (tertiary/aromatic N) is 4. The second-order valence-corrected chi connectivity index (χ2v) is 12.3. The lowest BCUT2D eigenvalue weighted by atomic mass is 9.96. The minimum Gasteiger partial charge on any atom is -0.461 e. The number of benzene rings is 1. The number of carbonyl (C=O) groups is 1. The molecular formula is C28H35N6O8P. The van der Waals surface area contributed by atoms with Crippen molar-refractivity contribution in [3.8, 4) is 11.8 Å². The lowest BCUT2D eigenvalue weighted by molar-refractivity contribution is -0.152. The Bertz CT molecular complexity index is 1510. The smallest absolute Gasteiger partial charge is 0.459 e. The maximum atomic E-state index is 14.2. The second-order valence-electron chi connectivity index (χ2n) is 10.6. The van der Waals surface area contributed by atoms with Crippen LogP contribution >= 0.6 is 7.75 Å². The van der Waals surface area contributed by atoms with E-state index in [1.807, 2.05) is 6.07 Å². The number of anilines is 1. The number of rotatable bonds is 11. The number of hydrogen-bond donors (Lipinski definition) is 4. The Labute approximate surface area is 248 Å². The molecule has 0 radical (unpaired) electrons. The van der Waals surface area contributed by atoms with Gasteiger partial charge in [-0.3, -0.25) is 9.32 Å². The van der Waals surface area contributed by atoms with Crippen LogP contribution in [0.2, 0.25) is 0 Å². The molecule has 3 aromatic rings. The maximum absolute atomic E-state index is 14.2. The van der Waals surface area contributed by atoms with Gasteiger partial charge in [0.25, 0.3) is 0 Å². The number of nitrogens with two attached hydrogens (primary N) is 1. The van der Waals surface area contributed by atoms with E-state index in [1.165, 1.54) is 10.8 Å². The maximum Gasteiger partial charge on any atom is 0.459 e. The first-order valence-corrected chi connectivity index (χ1v) is 15.7. The van der Waals surface area contributed by atoms with Crippen molar-refractivity contribution in [2.24, 2.45) is 0 Å². The van der Waals surface area contributed by atoms with Gasteiger partial charge >= 0.3 is 13.7 Å². The standard InChI is InChI=1S/C28H35N6O8P/c1-2-20(27(37)40-18-9-5-3-6-10-18)33-43(38,42-19-11-7-4-8-12-19)39-16-28(15-29)25(36)23(35)24(41-28)21-13-14-22-26(30)31-17-32-34(21)22/h4,7-8,11-14,17-18,20,23-25,35-36H,2-3,5-6,9-10,16H2,1H3,(H,33,38)(H2,30,31,32)/t20-,23-,24-,25-,28+,43+/m0/s1. The third kappa shape index (κ3) is 6.52. The third-order valence-corrected chi connectivity index (χ3v) is 9.25. The Morgan fingerprint density at radius 3 is 2.70 bits per heavy atom. The van der Waals surface area contributed by atoms with E-state index in [2.05, 4.69) is 15.2 Å². The molecule has 0 bridgehead atoms. The van der Waals surface area contributed by atoms with Gasteiger partial charge in [0, 0.05) is 0 Å². The van der Waals surface area contributed by atoms with Crippen LogP contribution in [0.5, 0.6) is 5.75 Å². The predicted octanol–water partition coefficient (Wildman–Crippen LogP) is 2.81. The Morgan fingerprint density at radius 2 is 2.00 bits per heavy atom. The summed E-state index contributed by atoms with van der Waals surface area (Å²) in [5.74, 6) is -0.247. The van der Waals surface area contributed by atoms with Crippen LogP contribution in [-0.2, 0) is 23.4 Å². The fourth-order valence-electron chi connectivity index (χ4n) is 5.30. The highest BCUT2D eigenvalue weighted by Gasteiger charge is 2.57. The van der Waals surface area contributed by atoms with Gasteiger partial charge in [0.05, 0.1) is 5.69 Å². The number of ether oxygens (including phenoxy) is 2. The molecule has 3 heterocycles. The van der Waals surface area contributed by atoms with E-state index in [-0.39, 0.29) is 24.1 Å². The molecule has 5 rings (SSSR count). The van der Waals surface area contributed by atoms with Crippen molar-refractivity contribution in [1.82, 2.24) is 19.7 Å². The molecule has 1 aromatic carbocycles. The normalized spacial score (nSPS) is 26.4. The highest BCUT2D eigenvalue weighted by molar-refractivity contribution is 7.52. The Balaban J connectivity index is 1.37. The number of nitriles is 1. The first-order valence-electron chi connectivity index (χ1n) is 14.2. The van der Waals surface area contributed by atoms with Gasteiger partial charge < -0.3 is 29.9 Å². The fraction of sp³-hybridized carbons (Fsp3) is 0.500. The van der Waals surface area contributed by atoms with E-state index in [1.54, 1.807) is 49.4 Å². The molecule has 2 aliphatic rings. The molecule has 1 aliphatic carbocycles. The molecule has 2 fully saturated rings. The minimum atomic E-state index is -4.42. The van der Waals surface area contributed by atoms with Gasteiger partial charge in [0.2, 0.25) is 5.60 Å². The van der Waals surface area contributed by atoms with E-state index in [0.717, 1.165) is 32.1 Å². The number of esters is 1. The van der Waals surface area contributed by atoms with Crippen molar-refractivity contribution in [2.45, 2.75) is 81.5 Å². The molecule has 43 heavy (non-hydrogen) atoms. The van der Waals surface area contributed by atoms with Gasteiger partial charge in [0.15, 0.2) is 5.82 Å². The van der Waals surface area contributed by atoms with Crippen molar-refractivity contribution >= 4 is 25.1 Å². The monoisotopic (exact) mass is 614 g/mol. The summed E-state index contributed by atoms with van der Waals surface area (Å²) in [6.45, 7) is 0.927. The molecule has 2 aromatic heterocycles. The van der Waals surface area contributed by atoms with Crippen molar-refractivity contribution in [3.05, 3.63) is 54.5 Å². The highest BCUT2D eigenvalue weighted by atomic mass is 31.2. The van der Waals surface area contributed by atoms with Gasteiger partial charge in [-0.1, -0.05) is 31.5 Å². The second kappa shape index (κ2) is 13.0. The van der Waals surface area contributed by atoms with Crippen molar-refractivity contribution < 1.29 is 38.1 Å². The molecule has 14 nitrogen and oxygen atoms in total. The predicted molar refractivity (Wildman–Crippen MR) is 152 cm³/mol. The first kappa shape index (κ1) is 30.9. The summed E-state index contributed by atoms with van der Waals surface area (Å²) >= 11 is 0. The number of para-hydroxylation sites is 1. The average molecular weight is 615 g/mol. The van der Waals surface area contributed by atoms with Gasteiger partial charge in [-0.15, -0.1) is 0 Å². The number of fused-ring (bicyclic) bond motifs is 1. The van der Waals surface area contributed by atoms with Crippen molar-refractivity contribution in [1.29, 1.82) is 5.26 Å². The average Bonchev–Trinajstić information content (AvgIpc) is 3.56. The highest BCUT2D eigenvalue weighted by Crippen LogP contribution is 2.48. The van der Waals surface area contributed by atoms with Crippen LogP contribution in [-0.4, -0.2) is 67.3 Å². The molecule has 1 saturated heterocycles. The van der Waals surface area contributed by atoms with Crippen molar-refractivity contribution in [3.63, 3.8) is 0 Å². The lowest BCUT2D eigenvalue weighted by Gasteiger charge is -2.29. The summed E-state index contributed by atoms with van der Waals surface area (Å²) in [5.41, 5.74) is 4.47. The van der Waals surface area contributed by atoms with Gasteiger partial charge in [-0.2, -0.15) is 15.4 Å². The number of aromatic nitrogens is 3. The van der Waals surface area contributed by atoms with Gasteiger partial charge in [-0.25, -0.2) is 14.1 Å². The molecule has 1 aliphatic heterocycles. The van der Waals surface area contributed by atoms with E-state index in [4.69, 9.17) is 24.3 Å². The first-order chi connectivity index (χ1) is 20.7. The van der Waals surface area contributed by atoms with Crippen molar-refractivity contribution in [2.75, 3.05) is 12.3 Å². The Morgan fingerprint density at radius 1 is 1.26 bits per heavy atom. The van der Waals surface area contributed by atoms with E-state index < -0.39 is 50.3 Å². The summed E-state index contributed by atoms with van der Waals surface area (Å²) in [6.07, 6.45) is 1.13. The molecule has 230 valence electrons. The molecule has 5 N–H and O–H groups in total. The summed E-state index contributed by atoms with van der Waals surface area (Å²) in [4.78, 5) is 17.0. The number of aliphatic hydroxyl groups is 2. The summed E-state index contributed by atoms with van der Waals surface area (Å²) in [6, 6.07) is 12.1. The van der Waals surface area contributed by atoms with E-state index in [0.29, 0.717) is 11.2 Å². The SMILES string of the molecule is CC[C@H](N[P@@](=O)(OC[C@@]1(C#N)O[C@@H](c2ccc3c(N)ncnn23)[C@H](O)[C@@H]1O)Oc1ccccc1)C(=O)OC1CCCCC1. The Kier molecular flexibility index (Phi) is 9.31. The molecule has 15 heteroatoms. The third-order valence-electron chi connectivity index (χ3n) is 7.70.